The van der Waals surface area contributed by atoms with Crippen molar-refractivity contribution in [1.82, 2.24) is 10.3 Å². The van der Waals surface area contributed by atoms with Gasteiger partial charge < -0.3 is 10.6 Å². The molecule has 1 aliphatic carbocycles. The number of nitrogens with zero attached hydrogens (tertiary/aromatic N) is 2. The van der Waals surface area contributed by atoms with E-state index in [-0.39, 0.29) is 6.04 Å². The fourth-order valence-corrected chi connectivity index (χ4v) is 3.28. The minimum absolute atomic E-state index is 0.0997. The van der Waals surface area contributed by atoms with Crippen molar-refractivity contribution in [2.75, 3.05) is 11.9 Å². The van der Waals surface area contributed by atoms with Crippen molar-refractivity contribution < 1.29 is 0 Å². The summed E-state index contributed by atoms with van der Waals surface area (Å²) in [5, 5.41) is 15.9. The number of hydrogen-bond donors (Lipinski definition) is 2. The van der Waals surface area contributed by atoms with Crippen LogP contribution in [0.25, 0.3) is 0 Å². The Morgan fingerprint density at radius 2 is 2.07 bits per heavy atom. The number of nitrogens with one attached hydrogen (secondary N) is 2. The molecule has 0 bridgehead atoms. The number of nitriles is 1. The van der Waals surface area contributed by atoms with E-state index in [1.807, 2.05) is 49.5 Å². The molecule has 28 heavy (non-hydrogen) atoms. The summed E-state index contributed by atoms with van der Waals surface area (Å²) in [6.45, 7) is 7.14. The molecular formula is C24H26N4. The van der Waals surface area contributed by atoms with Crippen molar-refractivity contribution in [2.24, 2.45) is 5.92 Å². The average molecular weight is 370 g/mol. The van der Waals surface area contributed by atoms with E-state index >= 15 is 0 Å². The lowest BCUT2D eigenvalue weighted by atomic mass is 9.90. The maximum Gasteiger partial charge on any atom is 0.130 e. The van der Waals surface area contributed by atoms with Crippen molar-refractivity contribution >= 4 is 5.82 Å². The smallest absolute Gasteiger partial charge is 0.130 e. The zero-order chi connectivity index (χ0) is 19.8. The summed E-state index contributed by atoms with van der Waals surface area (Å²) in [4.78, 5) is 4.43. The van der Waals surface area contributed by atoms with E-state index in [2.05, 4.69) is 52.6 Å². The van der Waals surface area contributed by atoms with Gasteiger partial charge >= 0.3 is 0 Å². The van der Waals surface area contributed by atoms with Crippen LogP contribution in [-0.2, 0) is 6.42 Å². The quantitative estimate of drug-likeness (QED) is 0.717. The molecule has 1 heterocycles. The van der Waals surface area contributed by atoms with Crippen LogP contribution in [0.15, 0.2) is 79.2 Å². The molecule has 0 fully saturated rings. The normalized spacial score (nSPS) is 16.4. The first-order chi connectivity index (χ1) is 13.7. The van der Waals surface area contributed by atoms with Crippen molar-refractivity contribution in [3.63, 3.8) is 0 Å². The van der Waals surface area contributed by atoms with E-state index in [9.17, 15) is 0 Å². The Bertz CT molecular complexity index is 886. The van der Waals surface area contributed by atoms with Crippen LogP contribution in [0.4, 0.5) is 5.82 Å². The van der Waals surface area contributed by atoms with Crippen LogP contribution in [0.1, 0.15) is 23.1 Å². The number of rotatable bonds is 8. The third kappa shape index (κ3) is 5.42. The number of benzene rings is 1. The van der Waals surface area contributed by atoms with Crippen molar-refractivity contribution in [2.45, 2.75) is 25.8 Å². The lowest BCUT2D eigenvalue weighted by molar-refractivity contribution is 0.459. The molecule has 3 rings (SSSR count). The molecule has 4 nitrogen and oxygen atoms in total. The van der Waals surface area contributed by atoms with Crippen LogP contribution in [-0.4, -0.2) is 17.6 Å². The topological polar surface area (TPSA) is 60.7 Å². The third-order valence-corrected chi connectivity index (χ3v) is 4.88. The fourth-order valence-electron chi connectivity index (χ4n) is 3.28. The first-order valence-corrected chi connectivity index (χ1v) is 9.60. The summed E-state index contributed by atoms with van der Waals surface area (Å²) >= 11 is 0. The number of anilines is 1. The summed E-state index contributed by atoms with van der Waals surface area (Å²) < 4.78 is 0. The largest absolute Gasteiger partial charge is 0.343 e. The second-order valence-corrected chi connectivity index (χ2v) is 7.07. The number of pyridine rings is 1. The SMILES string of the molecule is C=C(Nc1ccc(C)cn1)C(NCCc1ccc(C#N)cc1)C1C=CC=CC1. The molecule has 1 aromatic carbocycles. The Labute approximate surface area is 167 Å². The molecule has 142 valence electrons. The minimum atomic E-state index is 0.0997. The molecule has 0 radical (unpaired) electrons. The highest BCUT2D eigenvalue weighted by Gasteiger charge is 2.22. The van der Waals surface area contributed by atoms with Crippen LogP contribution in [0.2, 0.25) is 0 Å². The predicted octanol–water partition coefficient (Wildman–Crippen LogP) is 4.52. The molecule has 0 saturated heterocycles. The molecule has 1 aliphatic rings. The van der Waals surface area contributed by atoms with Gasteiger partial charge in [-0.2, -0.15) is 5.26 Å². The average Bonchev–Trinajstić information content (AvgIpc) is 2.74. The van der Waals surface area contributed by atoms with Gasteiger partial charge in [0.05, 0.1) is 17.7 Å². The van der Waals surface area contributed by atoms with E-state index in [1.54, 1.807) is 0 Å². The molecule has 2 atom stereocenters. The Morgan fingerprint density at radius 1 is 1.25 bits per heavy atom. The Hall–Kier alpha value is -3.16. The fraction of sp³-hybridized carbons (Fsp3) is 0.250. The maximum absolute atomic E-state index is 8.92. The second kappa shape index (κ2) is 9.68. The summed E-state index contributed by atoms with van der Waals surface area (Å²) in [5.41, 5.74) is 3.95. The van der Waals surface area contributed by atoms with Gasteiger partial charge in [-0.05, 0) is 55.6 Å². The lowest BCUT2D eigenvalue weighted by Gasteiger charge is -2.29. The van der Waals surface area contributed by atoms with Crippen molar-refractivity contribution in [1.29, 1.82) is 5.26 Å². The molecule has 2 aromatic rings. The van der Waals surface area contributed by atoms with E-state index in [0.717, 1.165) is 36.5 Å². The standard InChI is InChI=1S/C24H26N4/c1-18-8-13-23(27-17-18)28-19(2)24(22-6-4-3-5-7-22)26-15-14-20-9-11-21(16-25)12-10-20/h3-6,8-13,17,22,24,26H,2,7,14-15H2,1H3,(H,27,28). The molecule has 0 aliphatic heterocycles. The van der Waals surface area contributed by atoms with Crippen molar-refractivity contribution in [3.8, 4) is 6.07 Å². The van der Waals surface area contributed by atoms with Gasteiger partial charge in [0.25, 0.3) is 0 Å². The predicted molar refractivity (Wildman–Crippen MR) is 115 cm³/mol. The molecule has 2 unspecified atom stereocenters. The van der Waals surface area contributed by atoms with Gasteiger partial charge in [-0.1, -0.05) is 49.1 Å². The number of aryl methyl sites for hydroxylation is 1. The maximum atomic E-state index is 8.92. The van der Waals surface area contributed by atoms with Gasteiger partial charge in [-0.15, -0.1) is 0 Å². The van der Waals surface area contributed by atoms with Gasteiger partial charge in [0.1, 0.15) is 5.82 Å². The highest BCUT2D eigenvalue weighted by atomic mass is 15.0. The first-order valence-electron chi connectivity index (χ1n) is 9.60. The van der Waals surface area contributed by atoms with E-state index in [1.165, 1.54) is 5.56 Å². The number of aromatic nitrogens is 1. The molecular weight excluding hydrogens is 344 g/mol. The van der Waals surface area contributed by atoms with Gasteiger partial charge in [0.15, 0.2) is 0 Å². The van der Waals surface area contributed by atoms with Crippen LogP contribution >= 0.6 is 0 Å². The Morgan fingerprint density at radius 3 is 2.71 bits per heavy atom. The number of allylic oxidation sites excluding steroid dienone is 3. The molecule has 0 amide bonds. The molecule has 1 aromatic heterocycles. The summed E-state index contributed by atoms with van der Waals surface area (Å²) in [6, 6.07) is 14.0. The van der Waals surface area contributed by atoms with Crippen molar-refractivity contribution in [3.05, 3.63) is 95.9 Å². The van der Waals surface area contributed by atoms with Gasteiger partial charge in [-0.3, -0.25) is 0 Å². The molecule has 4 heteroatoms. The number of hydrogen-bond acceptors (Lipinski definition) is 4. The summed E-state index contributed by atoms with van der Waals surface area (Å²) in [5.74, 6) is 1.15. The monoisotopic (exact) mass is 370 g/mol. The zero-order valence-electron chi connectivity index (χ0n) is 16.2. The minimum Gasteiger partial charge on any atom is -0.343 e. The zero-order valence-corrected chi connectivity index (χ0v) is 16.2. The molecule has 0 spiro atoms. The van der Waals surface area contributed by atoms with Crippen LogP contribution < -0.4 is 10.6 Å². The van der Waals surface area contributed by atoms with Gasteiger partial charge in [0, 0.05) is 17.8 Å². The first kappa shape index (κ1) is 19.6. The van der Waals surface area contributed by atoms with Gasteiger partial charge in [-0.25, -0.2) is 4.98 Å². The van der Waals surface area contributed by atoms with Gasteiger partial charge in [0.2, 0.25) is 0 Å². The summed E-state index contributed by atoms with van der Waals surface area (Å²) in [6.07, 6.45) is 12.3. The lowest BCUT2D eigenvalue weighted by Crippen LogP contribution is -2.40. The van der Waals surface area contributed by atoms with E-state index < -0.39 is 0 Å². The van der Waals surface area contributed by atoms with Crippen LogP contribution in [0, 0.1) is 24.2 Å². The van der Waals surface area contributed by atoms with Crippen LogP contribution in [0.3, 0.4) is 0 Å². The van der Waals surface area contributed by atoms with E-state index in [0.29, 0.717) is 11.5 Å². The molecule has 0 saturated carbocycles. The van der Waals surface area contributed by atoms with Crippen LogP contribution in [0.5, 0.6) is 0 Å². The summed E-state index contributed by atoms with van der Waals surface area (Å²) in [7, 11) is 0. The second-order valence-electron chi connectivity index (χ2n) is 7.07. The Balaban J connectivity index is 1.63. The highest BCUT2D eigenvalue weighted by molar-refractivity contribution is 5.43. The highest BCUT2D eigenvalue weighted by Crippen LogP contribution is 2.22. The third-order valence-electron chi connectivity index (χ3n) is 4.88. The molecule has 2 N–H and O–H groups in total. The van der Waals surface area contributed by atoms with E-state index in [4.69, 9.17) is 5.26 Å². The Kier molecular flexibility index (Phi) is 6.78.